The number of carbonyl (C=O) groups is 2. The third-order valence-electron chi connectivity index (χ3n) is 4.01. The van der Waals surface area contributed by atoms with Gasteiger partial charge in [0.25, 0.3) is 0 Å². The lowest BCUT2D eigenvalue weighted by Gasteiger charge is -2.35. The predicted molar refractivity (Wildman–Crippen MR) is 84.0 cm³/mol. The Hall–Kier alpha value is -2.44. The van der Waals surface area contributed by atoms with Crippen LogP contribution in [0.3, 0.4) is 0 Å². The number of carbonyl (C=O) groups excluding carboxylic acids is 2. The third kappa shape index (κ3) is 3.39. The highest BCUT2D eigenvalue weighted by molar-refractivity contribution is 5.95. The Bertz CT molecular complexity index is 688. The number of ether oxygens (including phenoxy) is 1. The number of allylic oxidation sites excluding steroid dienone is 1. The summed E-state index contributed by atoms with van der Waals surface area (Å²) in [6.07, 6.45) is 1.63. The molecule has 1 heterocycles. The van der Waals surface area contributed by atoms with Crippen LogP contribution >= 0.6 is 0 Å². The second kappa shape index (κ2) is 7.42. The van der Waals surface area contributed by atoms with E-state index in [1.54, 1.807) is 6.92 Å². The molecular weight excluding hydrogens is 318 g/mol. The number of halogens is 2. The van der Waals surface area contributed by atoms with Gasteiger partial charge in [0.05, 0.1) is 18.7 Å². The molecule has 0 aromatic heterocycles. The summed E-state index contributed by atoms with van der Waals surface area (Å²) in [5.74, 6) is -2.23. The van der Waals surface area contributed by atoms with E-state index in [2.05, 4.69) is 5.32 Å². The Morgan fingerprint density at radius 3 is 2.67 bits per heavy atom. The molecule has 1 unspecified atom stereocenters. The number of esters is 1. The highest BCUT2D eigenvalue weighted by Crippen LogP contribution is 2.32. The number of benzene rings is 1. The van der Waals surface area contributed by atoms with Crippen molar-refractivity contribution in [2.45, 2.75) is 32.7 Å². The van der Waals surface area contributed by atoms with Gasteiger partial charge in [-0.1, -0.05) is 19.4 Å². The molecule has 5 nitrogen and oxygen atoms in total. The van der Waals surface area contributed by atoms with Gasteiger partial charge in [-0.25, -0.2) is 18.4 Å². The minimum absolute atomic E-state index is 0.0136. The van der Waals surface area contributed by atoms with Crippen molar-refractivity contribution in [3.8, 4) is 0 Å². The zero-order valence-electron chi connectivity index (χ0n) is 13.9. The number of nitrogens with zero attached hydrogens (tertiary/aromatic N) is 1. The van der Waals surface area contributed by atoms with Crippen LogP contribution in [0.15, 0.2) is 29.5 Å². The topological polar surface area (TPSA) is 58.6 Å². The van der Waals surface area contributed by atoms with Crippen molar-refractivity contribution in [2.75, 3.05) is 13.7 Å². The second-order valence-electron chi connectivity index (χ2n) is 5.54. The molecule has 0 saturated heterocycles. The summed E-state index contributed by atoms with van der Waals surface area (Å²) >= 11 is 0. The van der Waals surface area contributed by atoms with Crippen molar-refractivity contribution >= 4 is 12.0 Å². The van der Waals surface area contributed by atoms with Gasteiger partial charge in [-0.2, -0.15) is 0 Å². The van der Waals surface area contributed by atoms with Gasteiger partial charge in [0.1, 0.15) is 11.6 Å². The molecule has 0 aliphatic carbocycles. The summed E-state index contributed by atoms with van der Waals surface area (Å²) in [7, 11) is 1.22. The Labute approximate surface area is 139 Å². The summed E-state index contributed by atoms with van der Waals surface area (Å²) in [6, 6.07) is 1.56. The Morgan fingerprint density at radius 2 is 2.08 bits per heavy atom. The second-order valence-corrected chi connectivity index (χ2v) is 5.54. The van der Waals surface area contributed by atoms with Crippen LogP contribution in [0.1, 0.15) is 38.3 Å². The largest absolute Gasteiger partial charge is 0.466 e. The molecule has 1 aliphatic heterocycles. The van der Waals surface area contributed by atoms with Gasteiger partial charge < -0.3 is 10.1 Å². The first-order valence-electron chi connectivity index (χ1n) is 7.72. The molecule has 2 rings (SSSR count). The zero-order chi connectivity index (χ0) is 17.9. The van der Waals surface area contributed by atoms with Crippen molar-refractivity contribution in [2.24, 2.45) is 0 Å². The molecule has 7 heteroatoms. The van der Waals surface area contributed by atoms with E-state index in [0.717, 1.165) is 25.0 Å². The molecule has 0 bridgehead atoms. The predicted octanol–water partition coefficient (Wildman–Crippen LogP) is 3.28. The first-order valence-corrected chi connectivity index (χ1v) is 7.72. The molecule has 0 fully saturated rings. The third-order valence-corrected chi connectivity index (χ3v) is 4.01. The smallest absolute Gasteiger partial charge is 0.337 e. The number of methoxy groups -OCH3 is 1. The van der Waals surface area contributed by atoms with Crippen molar-refractivity contribution in [3.05, 3.63) is 46.7 Å². The summed E-state index contributed by atoms with van der Waals surface area (Å²) in [5.41, 5.74) is 0.561. The monoisotopic (exact) mass is 338 g/mol. The lowest BCUT2D eigenvalue weighted by molar-refractivity contribution is -0.136. The molecular formula is C17H20F2N2O3. The Kier molecular flexibility index (Phi) is 5.54. The lowest BCUT2D eigenvalue weighted by atomic mass is 9.94. The van der Waals surface area contributed by atoms with E-state index < -0.39 is 29.7 Å². The molecule has 0 radical (unpaired) electrons. The quantitative estimate of drug-likeness (QED) is 0.838. The normalized spacial score (nSPS) is 17.8. The van der Waals surface area contributed by atoms with E-state index in [0.29, 0.717) is 12.2 Å². The first-order chi connectivity index (χ1) is 11.4. The van der Waals surface area contributed by atoms with Crippen LogP contribution < -0.4 is 5.32 Å². The van der Waals surface area contributed by atoms with Gasteiger partial charge in [0, 0.05) is 23.9 Å². The number of hydrogen-bond donors (Lipinski definition) is 1. The molecule has 2 amide bonds. The van der Waals surface area contributed by atoms with Gasteiger partial charge in [0.15, 0.2) is 0 Å². The molecule has 0 spiro atoms. The zero-order valence-corrected chi connectivity index (χ0v) is 13.9. The fourth-order valence-corrected chi connectivity index (χ4v) is 2.71. The van der Waals surface area contributed by atoms with Crippen molar-refractivity contribution in [3.63, 3.8) is 0 Å². The maximum Gasteiger partial charge on any atom is 0.337 e. The molecule has 1 atom stereocenters. The van der Waals surface area contributed by atoms with Crippen molar-refractivity contribution < 1.29 is 23.1 Å². The summed E-state index contributed by atoms with van der Waals surface area (Å²) in [4.78, 5) is 26.0. The highest BCUT2D eigenvalue weighted by atomic mass is 19.1. The SMILES string of the molecule is CCCCN1C(=O)NC(c2ccc(F)cc2F)C(C(=O)OC)=C1C. The summed E-state index contributed by atoms with van der Waals surface area (Å²) in [5, 5.41) is 2.61. The van der Waals surface area contributed by atoms with Crippen LogP contribution in [-0.2, 0) is 9.53 Å². The van der Waals surface area contributed by atoms with E-state index in [9.17, 15) is 18.4 Å². The summed E-state index contributed by atoms with van der Waals surface area (Å²) < 4.78 is 32.1. The van der Waals surface area contributed by atoms with E-state index in [1.165, 1.54) is 18.1 Å². The number of hydrogen-bond acceptors (Lipinski definition) is 3. The highest BCUT2D eigenvalue weighted by Gasteiger charge is 2.37. The minimum Gasteiger partial charge on any atom is -0.466 e. The van der Waals surface area contributed by atoms with Crippen LogP contribution in [0.25, 0.3) is 0 Å². The van der Waals surface area contributed by atoms with Gasteiger partial charge in [0.2, 0.25) is 0 Å². The van der Waals surface area contributed by atoms with Crippen LogP contribution in [0.5, 0.6) is 0 Å². The standard InChI is InChI=1S/C17H20F2N2O3/c1-4-5-8-21-10(2)14(16(22)24-3)15(20-17(21)23)12-7-6-11(18)9-13(12)19/h6-7,9,15H,4-5,8H2,1-3H3,(H,20,23). The van der Waals surface area contributed by atoms with Crippen LogP contribution in [0.2, 0.25) is 0 Å². The van der Waals surface area contributed by atoms with Crippen LogP contribution in [-0.4, -0.2) is 30.6 Å². The molecule has 1 aliphatic rings. The average molecular weight is 338 g/mol. The fraction of sp³-hybridized carbons (Fsp3) is 0.412. The molecule has 1 N–H and O–H groups in total. The maximum atomic E-state index is 14.2. The van der Waals surface area contributed by atoms with Crippen molar-refractivity contribution in [1.29, 1.82) is 0 Å². The number of nitrogens with one attached hydrogen (secondary N) is 1. The van der Waals surface area contributed by atoms with E-state index in [-0.39, 0.29) is 11.1 Å². The Balaban J connectivity index is 2.52. The molecule has 0 saturated carbocycles. The van der Waals surface area contributed by atoms with Gasteiger partial charge in [-0.15, -0.1) is 0 Å². The van der Waals surface area contributed by atoms with Crippen LogP contribution in [0, 0.1) is 11.6 Å². The van der Waals surface area contributed by atoms with E-state index >= 15 is 0 Å². The van der Waals surface area contributed by atoms with Gasteiger partial charge >= 0.3 is 12.0 Å². The molecule has 1 aromatic rings. The van der Waals surface area contributed by atoms with E-state index in [4.69, 9.17) is 4.74 Å². The minimum atomic E-state index is -1.02. The lowest BCUT2D eigenvalue weighted by Crippen LogP contribution is -2.48. The van der Waals surface area contributed by atoms with Crippen LogP contribution in [0.4, 0.5) is 13.6 Å². The number of rotatable bonds is 5. The number of urea groups is 1. The first kappa shape index (κ1) is 17.9. The fourth-order valence-electron chi connectivity index (χ4n) is 2.71. The van der Waals surface area contributed by atoms with Crippen molar-refractivity contribution in [1.82, 2.24) is 10.2 Å². The van der Waals surface area contributed by atoms with E-state index in [1.807, 2.05) is 6.92 Å². The Morgan fingerprint density at radius 1 is 1.38 bits per heavy atom. The molecule has 24 heavy (non-hydrogen) atoms. The number of unbranched alkanes of at least 4 members (excludes halogenated alkanes) is 1. The van der Waals surface area contributed by atoms with Gasteiger partial charge in [-0.3, -0.25) is 4.90 Å². The molecule has 1 aromatic carbocycles. The summed E-state index contributed by atoms with van der Waals surface area (Å²) in [6.45, 7) is 4.04. The maximum absolute atomic E-state index is 14.2. The average Bonchev–Trinajstić information content (AvgIpc) is 2.53. The molecule has 130 valence electrons. The number of amides is 2. The van der Waals surface area contributed by atoms with Gasteiger partial charge in [-0.05, 0) is 19.4 Å².